The molecule has 0 bridgehead atoms. The zero-order valence-corrected chi connectivity index (χ0v) is 21.0. The predicted octanol–water partition coefficient (Wildman–Crippen LogP) is 6.98. The van der Waals surface area contributed by atoms with Gasteiger partial charge in [0, 0.05) is 12.5 Å². The van der Waals surface area contributed by atoms with Crippen LogP contribution in [-0.4, -0.2) is 24.9 Å². The van der Waals surface area contributed by atoms with Crippen molar-refractivity contribution < 1.29 is 14.6 Å². The summed E-state index contributed by atoms with van der Waals surface area (Å²) in [4.78, 5) is 0. The second kappa shape index (κ2) is 10.9. The minimum atomic E-state index is 0.308. The molecule has 2 aliphatic carbocycles. The summed E-state index contributed by atoms with van der Waals surface area (Å²) in [6.07, 6.45) is 4.35. The van der Waals surface area contributed by atoms with E-state index < -0.39 is 0 Å². The largest absolute Gasteiger partial charge is 0.493 e. The summed E-state index contributed by atoms with van der Waals surface area (Å²) in [6, 6.07) is 26.5. The molecule has 184 valence electrons. The van der Waals surface area contributed by atoms with Crippen LogP contribution in [0.2, 0.25) is 0 Å². The SMILES string of the molecule is CC(C)COc1ccc2c(c1)CC[C@H](c1ccccc1)[C@@H]2c1ccc(OC[C@H]2C[C@@H](CO)C2)cc1. The molecular weight excluding hydrogens is 432 g/mol. The Morgan fingerprint density at radius 2 is 1.57 bits per heavy atom. The summed E-state index contributed by atoms with van der Waals surface area (Å²) in [5.41, 5.74) is 5.58. The van der Waals surface area contributed by atoms with Crippen molar-refractivity contribution >= 4 is 0 Å². The molecule has 0 radical (unpaired) electrons. The van der Waals surface area contributed by atoms with E-state index in [9.17, 15) is 5.11 Å². The highest BCUT2D eigenvalue weighted by atomic mass is 16.5. The van der Waals surface area contributed by atoms with E-state index in [0.29, 0.717) is 36.2 Å². The first-order valence-corrected chi connectivity index (χ1v) is 13.2. The molecule has 3 heteroatoms. The third-order valence-corrected chi connectivity index (χ3v) is 7.70. The fraction of sp³-hybridized carbons (Fsp3) is 0.438. The number of aliphatic hydroxyl groups is 1. The molecule has 1 saturated carbocycles. The highest BCUT2D eigenvalue weighted by molar-refractivity contribution is 5.48. The van der Waals surface area contributed by atoms with Crippen LogP contribution in [0.3, 0.4) is 0 Å². The molecular formula is C32H38O3. The van der Waals surface area contributed by atoms with Gasteiger partial charge in [-0.2, -0.15) is 0 Å². The van der Waals surface area contributed by atoms with E-state index in [4.69, 9.17) is 9.47 Å². The standard InChI is InChI=1S/C32H38O3/c1-22(2)20-34-29-13-15-31-27(18-29)10-14-30(25-6-4-3-5-7-25)32(31)26-8-11-28(12-9-26)35-21-24-16-23(17-24)19-33/h3-9,11-13,15,18,22-24,30,32-33H,10,14,16-17,19-21H2,1-2H3/t23-,24+,30-,32+/m1/s1. The maximum absolute atomic E-state index is 9.23. The van der Waals surface area contributed by atoms with Crippen LogP contribution in [0.4, 0.5) is 0 Å². The number of aryl methyl sites for hydroxylation is 1. The monoisotopic (exact) mass is 470 g/mol. The molecule has 3 nitrogen and oxygen atoms in total. The van der Waals surface area contributed by atoms with Gasteiger partial charge in [-0.1, -0.05) is 62.4 Å². The van der Waals surface area contributed by atoms with Gasteiger partial charge in [0.15, 0.2) is 0 Å². The van der Waals surface area contributed by atoms with Crippen molar-refractivity contribution in [3.05, 3.63) is 95.1 Å². The Balaban J connectivity index is 1.38. The van der Waals surface area contributed by atoms with E-state index in [1.54, 1.807) is 0 Å². The Morgan fingerprint density at radius 1 is 0.829 bits per heavy atom. The molecule has 0 heterocycles. The van der Waals surface area contributed by atoms with Crippen molar-refractivity contribution in [3.63, 3.8) is 0 Å². The lowest BCUT2D eigenvalue weighted by Crippen LogP contribution is -2.30. The fourth-order valence-corrected chi connectivity index (χ4v) is 5.76. The summed E-state index contributed by atoms with van der Waals surface area (Å²) >= 11 is 0. The van der Waals surface area contributed by atoms with Gasteiger partial charge in [0.25, 0.3) is 0 Å². The van der Waals surface area contributed by atoms with Crippen LogP contribution in [0.25, 0.3) is 0 Å². The number of hydrogen-bond acceptors (Lipinski definition) is 3. The first-order valence-electron chi connectivity index (χ1n) is 13.2. The smallest absolute Gasteiger partial charge is 0.119 e. The number of ether oxygens (including phenoxy) is 2. The molecule has 3 aromatic rings. The molecule has 0 aliphatic heterocycles. The van der Waals surface area contributed by atoms with Crippen molar-refractivity contribution in [2.75, 3.05) is 19.8 Å². The summed E-state index contributed by atoms with van der Waals surface area (Å²) in [7, 11) is 0. The third kappa shape index (κ3) is 5.56. The third-order valence-electron chi connectivity index (χ3n) is 7.70. The zero-order chi connectivity index (χ0) is 24.2. The highest BCUT2D eigenvalue weighted by Crippen LogP contribution is 2.47. The zero-order valence-electron chi connectivity index (χ0n) is 21.0. The van der Waals surface area contributed by atoms with Gasteiger partial charge >= 0.3 is 0 Å². The maximum Gasteiger partial charge on any atom is 0.119 e. The minimum Gasteiger partial charge on any atom is -0.493 e. The first kappa shape index (κ1) is 23.9. The molecule has 0 amide bonds. The maximum atomic E-state index is 9.23. The van der Waals surface area contributed by atoms with E-state index >= 15 is 0 Å². The average molecular weight is 471 g/mol. The first-order chi connectivity index (χ1) is 17.1. The highest BCUT2D eigenvalue weighted by Gasteiger charge is 2.32. The molecule has 0 spiro atoms. The Hall–Kier alpha value is -2.78. The summed E-state index contributed by atoms with van der Waals surface area (Å²) in [5, 5.41) is 9.23. The number of benzene rings is 3. The second-order valence-corrected chi connectivity index (χ2v) is 10.9. The minimum absolute atomic E-state index is 0.308. The van der Waals surface area contributed by atoms with Gasteiger partial charge in [-0.15, -0.1) is 0 Å². The topological polar surface area (TPSA) is 38.7 Å². The van der Waals surface area contributed by atoms with Crippen LogP contribution in [0.1, 0.15) is 67.2 Å². The fourth-order valence-electron chi connectivity index (χ4n) is 5.76. The van der Waals surface area contributed by atoms with E-state index in [-0.39, 0.29) is 0 Å². The molecule has 1 fully saturated rings. The summed E-state index contributed by atoms with van der Waals surface area (Å²) in [5.74, 6) is 4.25. The predicted molar refractivity (Wildman–Crippen MR) is 141 cm³/mol. The average Bonchev–Trinajstić information content (AvgIpc) is 2.87. The van der Waals surface area contributed by atoms with Crippen molar-refractivity contribution in [1.29, 1.82) is 0 Å². The van der Waals surface area contributed by atoms with Crippen LogP contribution < -0.4 is 9.47 Å². The molecule has 2 aliphatic rings. The van der Waals surface area contributed by atoms with Crippen LogP contribution in [0, 0.1) is 17.8 Å². The van der Waals surface area contributed by atoms with Gasteiger partial charge in [0.05, 0.1) is 13.2 Å². The van der Waals surface area contributed by atoms with Gasteiger partial charge in [-0.05, 0) is 95.9 Å². The van der Waals surface area contributed by atoms with Gasteiger partial charge in [-0.25, -0.2) is 0 Å². The lowest BCUT2D eigenvalue weighted by molar-refractivity contribution is 0.0730. The summed E-state index contributed by atoms with van der Waals surface area (Å²) < 4.78 is 12.1. The molecule has 0 aromatic heterocycles. The number of rotatable bonds is 9. The van der Waals surface area contributed by atoms with Crippen LogP contribution >= 0.6 is 0 Å². The Kier molecular flexibility index (Phi) is 7.43. The number of fused-ring (bicyclic) bond motifs is 1. The van der Waals surface area contributed by atoms with Gasteiger partial charge in [0.2, 0.25) is 0 Å². The lowest BCUT2D eigenvalue weighted by Gasteiger charge is -2.35. The lowest BCUT2D eigenvalue weighted by atomic mass is 9.69. The van der Waals surface area contributed by atoms with E-state index in [0.717, 1.165) is 50.4 Å². The van der Waals surface area contributed by atoms with Gasteiger partial charge in [0.1, 0.15) is 11.5 Å². The van der Waals surface area contributed by atoms with Crippen molar-refractivity contribution in [2.45, 2.75) is 51.4 Å². The Morgan fingerprint density at radius 3 is 2.29 bits per heavy atom. The molecule has 3 aromatic carbocycles. The quantitative estimate of drug-likeness (QED) is 0.367. The molecule has 5 rings (SSSR count). The number of hydrogen-bond donors (Lipinski definition) is 1. The van der Waals surface area contributed by atoms with Crippen molar-refractivity contribution in [2.24, 2.45) is 17.8 Å². The van der Waals surface area contributed by atoms with Crippen LogP contribution in [0.5, 0.6) is 11.5 Å². The molecule has 1 N–H and O–H groups in total. The Labute approximate surface area is 210 Å². The van der Waals surface area contributed by atoms with Gasteiger partial charge < -0.3 is 14.6 Å². The van der Waals surface area contributed by atoms with Crippen molar-refractivity contribution in [1.82, 2.24) is 0 Å². The van der Waals surface area contributed by atoms with E-state index in [1.165, 1.54) is 22.3 Å². The van der Waals surface area contributed by atoms with E-state index in [1.807, 2.05) is 0 Å². The van der Waals surface area contributed by atoms with Crippen LogP contribution in [0.15, 0.2) is 72.8 Å². The summed E-state index contributed by atoms with van der Waals surface area (Å²) in [6.45, 7) is 6.17. The van der Waals surface area contributed by atoms with E-state index in [2.05, 4.69) is 86.6 Å². The molecule has 0 saturated heterocycles. The molecule has 0 unspecified atom stereocenters. The molecule has 2 atom stereocenters. The van der Waals surface area contributed by atoms with Crippen LogP contribution in [-0.2, 0) is 6.42 Å². The second-order valence-electron chi connectivity index (χ2n) is 10.9. The Bertz CT molecular complexity index is 1080. The van der Waals surface area contributed by atoms with Crippen molar-refractivity contribution in [3.8, 4) is 11.5 Å². The van der Waals surface area contributed by atoms with Gasteiger partial charge in [-0.3, -0.25) is 0 Å². The number of aliphatic hydroxyl groups excluding tert-OH is 1. The normalized spacial score (nSPS) is 23.4. The molecule has 35 heavy (non-hydrogen) atoms.